The zero-order chi connectivity index (χ0) is 16.4. The van der Waals surface area contributed by atoms with Gasteiger partial charge in [-0.3, -0.25) is 4.79 Å². The van der Waals surface area contributed by atoms with Crippen molar-refractivity contribution in [1.82, 2.24) is 14.9 Å². The smallest absolute Gasteiger partial charge is 0.226 e. The van der Waals surface area contributed by atoms with Crippen LogP contribution in [0.1, 0.15) is 5.76 Å². The van der Waals surface area contributed by atoms with E-state index in [0.717, 1.165) is 16.3 Å². The second kappa shape index (κ2) is 6.47. The predicted molar refractivity (Wildman–Crippen MR) is 89.5 cm³/mol. The third kappa shape index (κ3) is 3.25. The summed E-state index contributed by atoms with van der Waals surface area (Å²) < 4.78 is 7.37. The Bertz CT molecular complexity index is 909. The van der Waals surface area contributed by atoms with E-state index in [2.05, 4.69) is 26.1 Å². The summed E-state index contributed by atoms with van der Waals surface area (Å²) in [6.07, 6.45) is 1.01. The molecule has 2 heterocycles. The molecule has 9 heteroatoms. The minimum Gasteiger partial charge on any atom is -0.502 e. The molecule has 23 heavy (non-hydrogen) atoms. The van der Waals surface area contributed by atoms with Crippen molar-refractivity contribution in [2.24, 2.45) is 0 Å². The molecule has 0 bridgehead atoms. The molecule has 2 aromatic heterocycles. The van der Waals surface area contributed by atoms with Gasteiger partial charge < -0.3 is 15.4 Å². The van der Waals surface area contributed by atoms with Crippen LogP contribution in [0.15, 0.2) is 55.4 Å². The third-order valence-corrected chi connectivity index (χ3v) is 4.65. The Hall–Kier alpha value is -2.26. The zero-order valence-electron chi connectivity index (χ0n) is 11.6. The van der Waals surface area contributed by atoms with Crippen molar-refractivity contribution in [1.29, 1.82) is 0 Å². The fourth-order valence-corrected chi connectivity index (χ4v) is 3.07. The molecule has 0 spiro atoms. The van der Waals surface area contributed by atoms with Crippen LogP contribution in [-0.4, -0.2) is 20.0 Å². The van der Waals surface area contributed by atoms with Crippen LogP contribution >= 0.6 is 27.7 Å². The largest absolute Gasteiger partial charge is 0.502 e. The molecule has 0 atom stereocenters. The molecule has 0 aliphatic heterocycles. The first-order valence-electron chi connectivity index (χ1n) is 6.45. The first-order chi connectivity index (χ1) is 11.1. The Morgan fingerprint density at radius 2 is 2.13 bits per heavy atom. The Kier molecular flexibility index (Phi) is 4.39. The molecule has 3 aromatic rings. The van der Waals surface area contributed by atoms with E-state index in [1.54, 1.807) is 0 Å². The number of aromatic hydroxyl groups is 1. The quantitative estimate of drug-likeness (QED) is 0.516. The number of halogens is 1. The summed E-state index contributed by atoms with van der Waals surface area (Å²) in [5.41, 5.74) is 0.334. The Morgan fingerprint density at radius 3 is 2.87 bits per heavy atom. The van der Waals surface area contributed by atoms with Gasteiger partial charge >= 0.3 is 0 Å². The number of nitrogens with two attached hydrogens (primary N) is 1. The molecule has 118 valence electrons. The molecule has 0 fully saturated rings. The number of benzene rings is 1. The average Bonchev–Trinajstić information content (AvgIpc) is 2.90. The van der Waals surface area contributed by atoms with Gasteiger partial charge in [-0.25, -0.2) is 4.68 Å². The van der Waals surface area contributed by atoms with Gasteiger partial charge in [-0.05, 0) is 12.1 Å². The molecule has 0 amide bonds. The minimum absolute atomic E-state index is 0.334. The van der Waals surface area contributed by atoms with E-state index in [-0.39, 0.29) is 0 Å². The van der Waals surface area contributed by atoms with Crippen molar-refractivity contribution >= 4 is 27.7 Å². The fraction of sp³-hybridized carbons (Fsp3) is 0.0714. The molecule has 3 rings (SSSR count). The number of hydrogen-bond acceptors (Lipinski definition) is 7. The van der Waals surface area contributed by atoms with E-state index < -0.39 is 11.2 Å². The van der Waals surface area contributed by atoms with Gasteiger partial charge in [0.1, 0.15) is 12.0 Å². The van der Waals surface area contributed by atoms with E-state index in [1.807, 2.05) is 24.3 Å². The highest BCUT2D eigenvalue weighted by Gasteiger charge is 2.15. The molecule has 0 aliphatic rings. The molecule has 1 aromatic carbocycles. The monoisotopic (exact) mass is 394 g/mol. The van der Waals surface area contributed by atoms with E-state index in [0.29, 0.717) is 22.5 Å². The van der Waals surface area contributed by atoms with Crippen LogP contribution in [-0.2, 0) is 5.75 Å². The van der Waals surface area contributed by atoms with Crippen LogP contribution in [0.5, 0.6) is 5.75 Å². The van der Waals surface area contributed by atoms with E-state index in [9.17, 15) is 4.79 Å². The average molecular weight is 395 g/mol. The van der Waals surface area contributed by atoms with Crippen LogP contribution in [0, 0.1) is 0 Å². The van der Waals surface area contributed by atoms with Crippen molar-refractivity contribution in [3.8, 4) is 17.1 Å². The van der Waals surface area contributed by atoms with Crippen LogP contribution in [0.4, 0.5) is 0 Å². The fourth-order valence-electron chi connectivity index (χ4n) is 1.86. The lowest BCUT2D eigenvalue weighted by Gasteiger charge is -2.05. The van der Waals surface area contributed by atoms with Crippen LogP contribution in [0.2, 0.25) is 0 Å². The van der Waals surface area contributed by atoms with Gasteiger partial charge in [-0.15, -0.1) is 10.2 Å². The number of rotatable bonds is 4. The first kappa shape index (κ1) is 15.6. The van der Waals surface area contributed by atoms with Crippen molar-refractivity contribution in [2.75, 3.05) is 5.84 Å². The molecular formula is C14H11BrN4O3S. The van der Waals surface area contributed by atoms with E-state index >= 15 is 0 Å². The van der Waals surface area contributed by atoms with Gasteiger partial charge in [-0.1, -0.05) is 39.8 Å². The predicted octanol–water partition coefficient (Wildman–Crippen LogP) is 2.37. The summed E-state index contributed by atoms with van der Waals surface area (Å²) >= 11 is 4.72. The van der Waals surface area contributed by atoms with Gasteiger partial charge in [0.25, 0.3) is 0 Å². The molecule has 3 N–H and O–H groups in total. The normalized spacial score (nSPS) is 10.8. The van der Waals surface area contributed by atoms with Crippen molar-refractivity contribution in [3.63, 3.8) is 0 Å². The first-order valence-corrected chi connectivity index (χ1v) is 8.23. The molecular weight excluding hydrogens is 384 g/mol. The summed E-state index contributed by atoms with van der Waals surface area (Å²) in [7, 11) is 0. The highest BCUT2D eigenvalue weighted by Crippen LogP contribution is 2.28. The summed E-state index contributed by atoms with van der Waals surface area (Å²) in [6.45, 7) is 0. The van der Waals surface area contributed by atoms with Crippen LogP contribution in [0.25, 0.3) is 11.4 Å². The lowest BCUT2D eigenvalue weighted by molar-refractivity contribution is 0.419. The maximum Gasteiger partial charge on any atom is 0.226 e. The van der Waals surface area contributed by atoms with Crippen molar-refractivity contribution < 1.29 is 9.52 Å². The van der Waals surface area contributed by atoms with Gasteiger partial charge in [0, 0.05) is 16.1 Å². The van der Waals surface area contributed by atoms with Crippen LogP contribution < -0.4 is 11.3 Å². The van der Waals surface area contributed by atoms with Gasteiger partial charge in [-0.2, -0.15) is 0 Å². The topological polar surface area (TPSA) is 107 Å². The molecule has 0 radical (unpaired) electrons. The lowest BCUT2D eigenvalue weighted by atomic mass is 10.2. The second-order valence-corrected chi connectivity index (χ2v) is 6.34. The maximum atomic E-state index is 11.4. The number of aromatic nitrogens is 3. The number of nitrogens with zero attached hydrogens (tertiary/aromatic N) is 3. The SMILES string of the molecule is Nn1c(SCc2cc(=O)c(O)co2)nnc1-c1ccccc1Br. The number of hydrogen-bond donors (Lipinski definition) is 2. The van der Waals surface area contributed by atoms with Gasteiger partial charge in [0.15, 0.2) is 11.6 Å². The molecule has 7 nitrogen and oxygen atoms in total. The van der Waals surface area contributed by atoms with Crippen molar-refractivity contribution in [2.45, 2.75) is 10.9 Å². The van der Waals surface area contributed by atoms with Gasteiger partial charge in [0.2, 0.25) is 10.6 Å². The summed E-state index contributed by atoms with van der Waals surface area (Å²) in [6, 6.07) is 8.78. The highest BCUT2D eigenvalue weighted by molar-refractivity contribution is 9.10. The van der Waals surface area contributed by atoms with Crippen LogP contribution in [0.3, 0.4) is 0 Å². The minimum atomic E-state index is -0.491. The van der Waals surface area contributed by atoms with Crippen molar-refractivity contribution in [3.05, 3.63) is 57.1 Å². The van der Waals surface area contributed by atoms with Gasteiger partial charge in [0.05, 0.1) is 5.75 Å². The lowest BCUT2D eigenvalue weighted by Crippen LogP contribution is -2.11. The molecule has 0 aliphatic carbocycles. The highest BCUT2D eigenvalue weighted by atomic mass is 79.9. The molecule has 0 saturated carbocycles. The Morgan fingerprint density at radius 1 is 1.35 bits per heavy atom. The second-order valence-electron chi connectivity index (χ2n) is 4.54. The molecule has 0 unspecified atom stereocenters. The summed E-state index contributed by atoms with van der Waals surface area (Å²) in [5.74, 6) is 6.88. The summed E-state index contributed by atoms with van der Waals surface area (Å²) in [4.78, 5) is 11.4. The zero-order valence-corrected chi connectivity index (χ0v) is 14.0. The number of nitrogen functional groups attached to an aromatic ring is 1. The summed E-state index contributed by atoms with van der Waals surface area (Å²) in [5, 5.41) is 17.8. The Labute approximate surface area is 143 Å². The maximum absolute atomic E-state index is 11.4. The third-order valence-electron chi connectivity index (χ3n) is 2.99. The molecule has 0 saturated heterocycles. The van der Waals surface area contributed by atoms with E-state index in [4.69, 9.17) is 15.4 Å². The Balaban J connectivity index is 1.81. The number of thioether (sulfide) groups is 1. The van der Waals surface area contributed by atoms with E-state index in [1.165, 1.54) is 22.5 Å². The standard InChI is InChI=1S/C14H11BrN4O3S/c15-10-4-2-1-3-9(10)13-17-18-14(19(13)16)23-7-8-5-11(20)12(21)6-22-8/h1-6,21H,7,16H2.